The molecule has 0 unspecified atom stereocenters. The first-order chi connectivity index (χ1) is 14.1. The molecule has 1 aliphatic rings. The van der Waals surface area contributed by atoms with Crippen molar-refractivity contribution in [3.05, 3.63) is 12.2 Å². The number of ketones is 2. The van der Waals surface area contributed by atoms with Gasteiger partial charge < -0.3 is 9.84 Å². The summed E-state index contributed by atoms with van der Waals surface area (Å²) in [5.74, 6) is -5.27. The van der Waals surface area contributed by atoms with E-state index in [0.29, 0.717) is 32.1 Å². The van der Waals surface area contributed by atoms with Crippen LogP contribution in [-0.4, -0.2) is 40.8 Å². The van der Waals surface area contributed by atoms with Crippen molar-refractivity contribution in [2.45, 2.75) is 103 Å². The molecule has 30 heavy (non-hydrogen) atoms. The van der Waals surface area contributed by atoms with Gasteiger partial charge in [-0.25, -0.2) is 0 Å². The fraction of sp³-hybridized carbons (Fsp3) is 0.783. The van der Waals surface area contributed by atoms with Crippen LogP contribution in [0.1, 0.15) is 85.0 Å². The Labute approximate surface area is 178 Å². The maximum Gasteiger partial charge on any atom is 0.306 e. The molecule has 3 atom stereocenters. The first kappa shape index (κ1) is 26.4. The van der Waals surface area contributed by atoms with Gasteiger partial charge >= 0.3 is 11.9 Å². The Balaban J connectivity index is 2.42. The van der Waals surface area contributed by atoms with Crippen LogP contribution >= 0.6 is 0 Å². The highest BCUT2D eigenvalue weighted by Gasteiger charge is 2.41. The Morgan fingerprint density at radius 3 is 2.57 bits per heavy atom. The minimum atomic E-state index is -3.29. The molecule has 1 fully saturated rings. The fourth-order valence-corrected chi connectivity index (χ4v) is 3.90. The third kappa shape index (κ3) is 9.02. The smallest absolute Gasteiger partial charge is 0.306 e. The van der Waals surface area contributed by atoms with E-state index in [4.69, 9.17) is 4.74 Å². The number of carbonyl (C=O) groups excluding carboxylic acids is 3. The predicted octanol–water partition coefficient (Wildman–Crippen LogP) is 4.80. The minimum absolute atomic E-state index is 0.0275. The summed E-state index contributed by atoms with van der Waals surface area (Å²) >= 11 is 0. The van der Waals surface area contributed by atoms with E-state index in [1.165, 1.54) is 0 Å². The van der Waals surface area contributed by atoms with Gasteiger partial charge in [-0.05, 0) is 58.3 Å². The van der Waals surface area contributed by atoms with Crippen molar-refractivity contribution >= 4 is 17.5 Å². The standard InChI is InChI=1S/C23H36F2O5/c1-4-14-23(24,25)21(28)12-9-11-18-17(19(26)15-20(18)27)10-7-5-6-8-13-22(29)30-16(2)3/h5,7,16-18,20,27H,4,6,8-15H2,1-3H3/b7-5-/t17-,18-,20-/m1/s1. The molecule has 0 heterocycles. The number of hydrogen-bond donors (Lipinski definition) is 1. The third-order valence-electron chi connectivity index (χ3n) is 5.42. The number of unbranched alkanes of at least 4 members (excludes halogenated alkanes) is 1. The number of alkyl halides is 2. The maximum absolute atomic E-state index is 13.6. The summed E-state index contributed by atoms with van der Waals surface area (Å²) in [6.45, 7) is 5.21. The molecule has 0 aliphatic heterocycles. The van der Waals surface area contributed by atoms with Crippen molar-refractivity contribution in [3.63, 3.8) is 0 Å². The predicted molar refractivity (Wildman–Crippen MR) is 110 cm³/mol. The highest BCUT2D eigenvalue weighted by atomic mass is 19.3. The lowest BCUT2D eigenvalue weighted by atomic mass is 9.86. The van der Waals surface area contributed by atoms with Gasteiger partial charge in [-0.3, -0.25) is 14.4 Å². The zero-order valence-electron chi connectivity index (χ0n) is 18.4. The molecule has 0 radical (unpaired) electrons. The molecule has 172 valence electrons. The summed E-state index contributed by atoms with van der Waals surface area (Å²) in [5.41, 5.74) is 0. The van der Waals surface area contributed by atoms with Gasteiger partial charge in [0, 0.05) is 31.6 Å². The number of ether oxygens (including phenoxy) is 1. The molecule has 0 amide bonds. The summed E-state index contributed by atoms with van der Waals surface area (Å²) in [6, 6.07) is 0. The van der Waals surface area contributed by atoms with Crippen molar-refractivity contribution in [2.75, 3.05) is 0 Å². The number of hydrogen-bond acceptors (Lipinski definition) is 5. The van der Waals surface area contributed by atoms with Gasteiger partial charge in [0.1, 0.15) is 5.78 Å². The summed E-state index contributed by atoms with van der Waals surface area (Å²) in [4.78, 5) is 35.4. The average Bonchev–Trinajstić information content (AvgIpc) is 2.90. The van der Waals surface area contributed by atoms with Crippen molar-refractivity contribution in [2.24, 2.45) is 11.8 Å². The Morgan fingerprint density at radius 2 is 1.93 bits per heavy atom. The first-order valence-electron chi connectivity index (χ1n) is 11.0. The maximum atomic E-state index is 13.6. The highest BCUT2D eigenvalue weighted by molar-refractivity contribution is 5.85. The monoisotopic (exact) mass is 430 g/mol. The number of esters is 1. The lowest BCUT2D eigenvalue weighted by molar-refractivity contribution is -0.147. The minimum Gasteiger partial charge on any atom is -0.463 e. The second-order valence-electron chi connectivity index (χ2n) is 8.42. The van der Waals surface area contributed by atoms with Gasteiger partial charge in [0.25, 0.3) is 0 Å². The van der Waals surface area contributed by atoms with E-state index in [2.05, 4.69) is 0 Å². The molecule has 0 saturated heterocycles. The molecule has 0 bridgehead atoms. The fourth-order valence-electron chi connectivity index (χ4n) is 3.90. The Hall–Kier alpha value is -1.63. The van der Waals surface area contributed by atoms with E-state index in [1.54, 1.807) is 20.8 Å². The molecule has 0 aromatic rings. The zero-order chi connectivity index (χ0) is 22.7. The molecule has 0 aromatic heterocycles. The quantitative estimate of drug-likeness (QED) is 0.243. The molecular formula is C23H36F2O5. The van der Waals surface area contributed by atoms with Crippen molar-refractivity contribution in [1.82, 2.24) is 0 Å². The third-order valence-corrected chi connectivity index (χ3v) is 5.42. The molecule has 7 heteroatoms. The second-order valence-corrected chi connectivity index (χ2v) is 8.42. The van der Waals surface area contributed by atoms with Gasteiger partial charge in [0.05, 0.1) is 12.2 Å². The average molecular weight is 431 g/mol. The van der Waals surface area contributed by atoms with Crippen LogP contribution in [0.25, 0.3) is 0 Å². The van der Waals surface area contributed by atoms with Crippen LogP contribution in [0.5, 0.6) is 0 Å². The van der Waals surface area contributed by atoms with E-state index in [1.807, 2.05) is 12.2 Å². The van der Waals surface area contributed by atoms with Crippen molar-refractivity contribution < 1.29 is 33.0 Å². The molecule has 1 rings (SSSR count). The summed E-state index contributed by atoms with van der Waals surface area (Å²) in [5, 5.41) is 10.2. The molecule has 0 aromatic carbocycles. The Morgan fingerprint density at radius 1 is 1.23 bits per heavy atom. The van der Waals surface area contributed by atoms with Crippen LogP contribution < -0.4 is 0 Å². The van der Waals surface area contributed by atoms with Crippen molar-refractivity contribution in [1.29, 1.82) is 0 Å². The van der Waals surface area contributed by atoms with Crippen LogP contribution in [0.2, 0.25) is 0 Å². The summed E-state index contributed by atoms with van der Waals surface area (Å²) < 4.78 is 32.3. The number of carbonyl (C=O) groups is 3. The topological polar surface area (TPSA) is 80.7 Å². The van der Waals surface area contributed by atoms with Gasteiger partial charge in [0.15, 0.2) is 0 Å². The number of Topliss-reactive ketones (excluding diaryl/α,β-unsaturated/α-hetero) is 2. The number of halogens is 2. The molecule has 1 saturated carbocycles. The van der Waals surface area contributed by atoms with Gasteiger partial charge in [-0.1, -0.05) is 19.1 Å². The number of aliphatic hydroxyl groups excluding tert-OH is 1. The molecule has 1 aliphatic carbocycles. The van der Waals surface area contributed by atoms with Crippen LogP contribution in [0.15, 0.2) is 12.2 Å². The normalized spacial score (nSPS) is 22.2. The Kier molecular flexibility index (Phi) is 11.4. The zero-order valence-corrected chi connectivity index (χ0v) is 18.4. The SMILES string of the molecule is CCCC(F)(F)C(=O)CCC[C@H]1[C@H](O)CC(=O)[C@@H]1C/C=C\CCCC(=O)OC(C)C. The van der Waals surface area contributed by atoms with E-state index in [0.717, 1.165) is 0 Å². The van der Waals surface area contributed by atoms with E-state index < -0.39 is 24.2 Å². The highest BCUT2D eigenvalue weighted by Crippen LogP contribution is 2.36. The second kappa shape index (κ2) is 12.9. The van der Waals surface area contributed by atoms with Gasteiger partial charge in [-0.2, -0.15) is 8.78 Å². The molecular weight excluding hydrogens is 394 g/mol. The largest absolute Gasteiger partial charge is 0.463 e. The molecule has 5 nitrogen and oxygen atoms in total. The van der Waals surface area contributed by atoms with Gasteiger partial charge in [0.2, 0.25) is 5.78 Å². The van der Waals surface area contributed by atoms with Crippen LogP contribution in [0.4, 0.5) is 8.78 Å². The van der Waals surface area contributed by atoms with Crippen LogP contribution in [0.3, 0.4) is 0 Å². The lowest BCUT2D eigenvalue weighted by Crippen LogP contribution is -2.28. The molecule has 1 N–H and O–H groups in total. The lowest BCUT2D eigenvalue weighted by Gasteiger charge is -2.20. The van der Waals surface area contributed by atoms with E-state index in [-0.39, 0.29) is 55.4 Å². The Bertz CT molecular complexity index is 600. The van der Waals surface area contributed by atoms with E-state index >= 15 is 0 Å². The van der Waals surface area contributed by atoms with Crippen molar-refractivity contribution in [3.8, 4) is 0 Å². The van der Waals surface area contributed by atoms with Gasteiger partial charge in [-0.15, -0.1) is 0 Å². The first-order valence-corrected chi connectivity index (χ1v) is 11.0. The summed E-state index contributed by atoms with van der Waals surface area (Å²) in [7, 11) is 0. The number of aliphatic hydroxyl groups is 1. The van der Waals surface area contributed by atoms with Crippen LogP contribution in [-0.2, 0) is 19.1 Å². The van der Waals surface area contributed by atoms with Crippen LogP contribution in [0, 0.1) is 11.8 Å². The number of allylic oxidation sites excluding steroid dienone is 2. The van der Waals surface area contributed by atoms with E-state index in [9.17, 15) is 28.3 Å². The summed E-state index contributed by atoms with van der Waals surface area (Å²) in [6.07, 6.45) is 5.26. The molecule has 0 spiro atoms. The number of rotatable bonds is 14.